The number of methoxy groups -OCH3 is 3. The number of phenolic OH excluding ortho intramolecular Hbond substituents is 2. The zero-order chi connectivity index (χ0) is 37.6. The lowest BCUT2D eigenvalue weighted by Gasteiger charge is -2.53. The van der Waals surface area contributed by atoms with E-state index in [-0.39, 0.29) is 16.7 Å². The van der Waals surface area contributed by atoms with Crippen LogP contribution in [0.5, 0.6) is 11.5 Å². The molecule has 4 aliphatic rings. The highest BCUT2D eigenvalue weighted by molar-refractivity contribution is 6.31. The number of benzene rings is 2. The number of aliphatic hydroxyl groups excluding tert-OH is 3. The first kappa shape index (κ1) is 36.2. The Morgan fingerprint density at radius 1 is 1.00 bits per heavy atom. The van der Waals surface area contributed by atoms with E-state index in [2.05, 4.69) is 5.32 Å². The Morgan fingerprint density at radius 3 is 2.25 bits per heavy atom. The molecule has 0 bridgehead atoms. The fourth-order valence-corrected chi connectivity index (χ4v) is 8.13. The van der Waals surface area contributed by atoms with Gasteiger partial charge >= 0.3 is 5.97 Å². The van der Waals surface area contributed by atoms with Crippen LogP contribution in [-0.4, -0.2) is 124 Å². The molecule has 0 amide bonds. The number of phenols is 2. The molecule has 6 rings (SSSR count). The number of Topliss-reactive ketones (excluding diaryl/α,β-unsaturated/α-hetero) is 3. The fraction of sp³-hybridized carbons (Fsp3) is 0.457. The third-order valence-corrected chi connectivity index (χ3v) is 10.9. The number of ether oxygens (including phenoxy) is 4. The number of carbonyl (C=O) groups excluding carboxylic acids is 5. The van der Waals surface area contributed by atoms with E-state index in [1.165, 1.54) is 21.0 Å². The number of hydrogen-bond acceptors (Lipinski definition) is 16. The standard InChI is InChI=1S/C35H37NO15/c1-11-12(2)21(33(46)49-5)28(43)24-14(11)8-20(39)35(50-6)31(45)23-16(30(44)34(24,35)47)7-15-22(27(23)42)19(38)9-18(25(15)40)36-32-17(10-37)26(41)29(48-4)13(3)51-32/h7,9,13,17,20,26,29,32,36-37,39,41-43,47H,8,10H2,1-6H3/t13-,17+,20+,26-,29-,32-,34-,35+/m0/s1. The summed E-state index contributed by atoms with van der Waals surface area (Å²) in [4.78, 5) is 69.5. The van der Waals surface area contributed by atoms with Gasteiger partial charge in [0.05, 0.1) is 54.8 Å². The summed E-state index contributed by atoms with van der Waals surface area (Å²) in [6, 6.07) is 0.834. The van der Waals surface area contributed by atoms with E-state index in [1.54, 1.807) is 6.92 Å². The number of carbonyl (C=O) groups is 5. The van der Waals surface area contributed by atoms with Gasteiger partial charge in [-0.25, -0.2) is 4.79 Å². The van der Waals surface area contributed by atoms with Crippen LogP contribution >= 0.6 is 0 Å². The van der Waals surface area contributed by atoms with Gasteiger partial charge in [0.2, 0.25) is 17.3 Å². The van der Waals surface area contributed by atoms with E-state index in [1.807, 2.05) is 0 Å². The highest BCUT2D eigenvalue weighted by Gasteiger charge is 2.73. The molecule has 0 aromatic heterocycles. The van der Waals surface area contributed by atoms with Gasteiger partial charge in [0.15, 0.2) is 17.0 Å². The van der Waals surface area contributed by atoms with Crippen molar-refractivity contribution in [2.24, 2.45) is 5.92 Å². The highest BCUT2D eigenvalue weighted by atomic mass is 16.6. The second kappa shape index (κ2) is 12.3. The minimum atomic E-state index is -3.25. The van der Waals surface area contributed by atoms with Gasteiger partial charge in [-0.15, -0.1) is 0 Å². The zero-order valence-corrected chi connectivity index (χ0v) is 28.4. The summed E-state index contributed by atoms with van der Waals surface area (Å²) >= 11 is 0. The number of fused-ring (bicyclic) bond motifs is 5. The van der Waals surface area contributed by atoms with Gasteiger partial charge in [-0.1, -0.05) is 0 Å². The summed E-state index contributed by atoms with van der Waals surface area (Å²) in [5.74, 6) is -8.78. The van der Waals surface area contributed by atoms with Crippen LogP contribution in [0.25, 0.3) is 0 Å². The normalized spacial score (nSPS) is 31.3. The van der Waals surface area contributed by atoms with Crippen LogP contribution in [-0.2, 0) is 31.0 Å². The number of esters is 1. The number of aromatic hydroxyl groups is 2. The van der Waals surface area contributed by atoms with Gasteiger partial charge in [-0.2, -0.15) is 0 Å². The van der Waals surface area contributed by atoms with Crippen LogP contribution in [0.2, 0.25) is 0 Å². The van der Waals surface area contributed by atoms with E-state index in [4.69, 9.17) is 18.9 Å². The van der Waals surface area contributed by atoms with Crippen LogP contribution in [0.4, 0.5) is 0 Å². The number of rotatable bonds is 6. The first-order valence-corrected chi connectivity index (χ1v) is 15.9. The maximum Gasteiger partial charge on any atom is 0.341 e. The molecule has 1 aliphatic heterocycles. The molecule has 0 radical (unpaired) electrons. The van der Waals surface area contributed by atoms with E-state index in [9.17, 15) is 54.6 Å². The van der Waals surface area contributed by atoms with Gasteiger partial charge < -0.3 is 54.9 Å². The van der Waals surface area contributed by atoms with E-state index in [0.717, 1.165) is 26.4 Å². The number of nitrogens with one attached hydrogen (secondary N) is 1. The molecule has 8 atom stereocenters. The molecule has 1 saturated heterocycles. The Labute approximate surface area is 290 Å². The quantitative estimate of drug-likeness (QED) is 0.189. The summed E-state index contributed by atoms with van der Waals surface area (Å²) in [6.07, 6.45) is -5.64. The van der Waals surface area contributed by atoms with Crippen LogP contribution in [0.15, 0.2) is 17.8 Å². The molecule has 0 unspecified atom stereocenters. The Hall–Kier alpha value is -4.55. The monoisotopic (exact) mass is 711 g/mol. The average molecular weight is 712 g/mol. The molecule has 272 valence electrons. The number of aliphatic hydroxyl groups is 4. The maximum atomic E-state index is 14.7. The second-order valence-electron chi connectivity index (χ2n) is 13.1. The topological polar surface area (TPSA) is 256 Å². The molecule has 0 saturated carbocycles. The summed E-state index contributed by atoms with van der Waals surface area (Å²) in [6.45, 7) is 3.96. The summed E-state index contributed by atoms with van der Waals surface area (Å²) in [5, 5.41) is 70.6. The van der Waals surface area contributed by atoms with Crippen LogP contribution in [0, 0.1) is 19.8 Å². The highest BCUT2D eigenvalue weighted by Crippen LogP contribution is 2.57. The van der Waals surface area contributed by atoms with Gasteiger partial charge in [0, 0.05) is 43.4 Å². The van der Waals surface area contributed by atoms with Crippen molar-refractivity contribution in [2.75, 3.05) is 27.9 Å². The molecular formula is C35H37NO15. The Balaban J connectivity index is 1.53. The Kier molecular flexibility index (Phi) is 8.74. The molecule has 2 aromatic rings. The maximum absolute atomic E-state index is 14.7. The number of ketones is 4. The lowest BCUT2D eigenvalue weighted by atomic mass is 9.56. The predicted octanol–water partition coefficient (Wildman–Crippen LogP) is -0.348. The predicted molar refractivity (Wildman–Crippen MR) is 171 cm³/mol. The second-order valence-corrected chi connectivity index (χ2v) is 13.1. The van der Waals surface area contributed by atoms with Crippen molar-refractivity contribution in [1.82, 2.24) is 5.32 Å². The lowest BCUT2D eigenvalue weighted by molar-refractivity contribution is -0.214. The van der Waals surface area contributed by atoms with Crippen LogP contribution < -0.4 is 5.32 Å². The van der Waals surface area contributed by atoms with E-state index < -0.39 is 140 Å². The van der Waals surface area contributed by atoms with Crippen molar-refractivity contribution in [1.29, 1.82) is 0 Å². The molecule has 2 aromatic carbocycles. The summed E-state index contributed by atoms with van der Waals surface area (Å²) in [5.41, 5.74) is -9.89. The van der Waals surface area contributed by atoms with Crippen molar-refractivity contribution >= 4 is 29.1 Å². The smallest absolute Gasteiger partial charge is 0.341 e. The largest absolute Gasteiger partial charge is 0.507 e. The summed E-state index contributed by atoms with van der Waals surface area (Å²) < 4.78 is 21.4. The fourth-order valence-electron chi connectivity index (χ4n) is 8.13. The SMILES string of the molecule is COC(=O)c1c(C)c(C)c2c(c1O)[C@]1(O)C(=O)c3cc4c(c(O)c3C(=O)[C@]1(OC)[C@H](O)C2)C(=O)C=C(N[C@H]1O[C@@H](C)[C@H](OC)[C@@H](O)[C@H]1CO)C4=O. The third kappa shape index (κ3) is 4.54. The minimum Gasteiger partial charge on any atom is -0.507 e. The number of hydrogen-bond donors (Lipinski definition) is 7. The molecule has 16 nitrogen and oxygen atoms in total. The van der Waals surface area contributed by atoms with Gasteiger partial charge in [0.25, 0.3) is 0 Å². The van der Waals surface area contributed by atoms with E-state index in [0.29, 0.717) is 0 Å². The van der Waals surface area contributed by atoms with Crippen molar-refractivity contribution < 1.29 is 73.6 Å². The molecule has 16 heteroatoms. The zero-order valence-electron chi connectivity index (χ0n) is 28.4. The molecule has 7 N–H and O–H groups in total. The van der Waals surface area contributed by atoms with Gasteiger partial charge in [0.1, 0.15) is 29.4 Å². The van der Waals surface area contributed by atoms with Crippen molar-refractivity contribution in [3.8, 4) is 11.5 Å². The average Bonchev–Trinajstić information content (AvgIpc) is 3.08. The molecule has 51 heavy (non-hydrogen) atoms. The molecule has 0 spiro atoms. The van der Waals surface area contributed by atoms with Crippen molar-refractivity contribution in [2.45, 2.75) is 69.0 Å². The van der Waals surface area contributed by atoms with Crippen LogP contribution in [0.3, 0.4) is 0 Å². The van der Waals surface area contributed by atoms with Gasteiger partial charge in [-0.3, -0.25) is 19.2 Å². The molecule has 1 fully saturated rings. The molecule has 1 heterocycles. The van der Waals surface area contributed by atoms with Gasteiger partial charge in [-0.05, 0) is 43.5 Å². The summed E-state index contributed by atoms with van der Waals surface area (Å²) in [7, 11) is 3.31. The molecular weight excluding hydrogens is 674 g/mol. The first-order valence-electron chi connectivity index (χ1n) is 15.9. The lowest BCUT2D eigenvalue weighted by Crippen LogP contribution is -2.73. The molecule has 3 aliphatic carbocycles. The third-order valence-electron chi connectivity index (χ3n) is 10.9. The first-order chi connectivity index (χ1) is 24.0. The number of allylic oxidation sites excluding steroid dienone is 2. The van der Waals surface area contributed by atoms with Crippen LogP contribution in [0.1, 0.15) is 81.0 Å². The minimum absolute atomic E-state index is 0.0332. The van der Waals surface area contributed by atoms with Crippen molar-refractivity contribution in [3.63, 3.8) is 0 Å². The Bertz CT molecular complexity index is 1970. The van der Waals surface area contributed by atoms with Crippen molar-refractivity contribution in [3.05, 3.63) is 67.9 Å². The van der Waals surface area contributed by atoms with E-state index >= 15 is 0 Å². The Morgan fingerprint density at radius 2 is 1.67 bits per heavy atom.